The summed E-state index contributed by atoms with van der Waals surface area (Å²) in [6, 6.07) is 8.80. The van der Waals surface area contributed by atoms with Gasteiger partial charge in [-0.15, -0.1) is 0 Å². The lowest BCUT2D eigenvalue weighted by Gasteiger charge is -2.29. The van der Waals surface area contributed by atoms with Crippen LogP contribution in [0.15, 0.2) is 24.3 Å². The molecular weight excluding hydrogens is 875 g/mol. The van der Waals surface area contributed by atoms with Crippen LogP contribution in [0.25, 0.3) is 291 Å². The zero-order valence-corrected chi connectivity index (χ0v) is 36.8. The van der Waals surface area contributed by atoms with Crippen molar-refractivity contribution in [1.29, 1.82) is 0 Å². The number of hydrogen-bond acceptors (Lipinski definition) is 3. The molecule has 0 amide bonds. The number of esters is 1. The highest BCUT2D eigenvalue weighted by Gasteiger charge is 2.86. The van der Waals surface area contributed by atoms with Gasteiger partial charge in [0.15, 0.2) is 0 Å². The summed E-state index contributed by atoms with van der Waals surface area (Å²) < 4.78 is 5.65. The minimum Gasteiger partial charge on any atom is -0.462 e. The predicted octanol–water partition coefficient (Wildman–Crippen LogP) is 17.9. The van der Waals surface area contributed by atoms with Gasteiger partial charge in [-0.2, -0.15) is 0 Å². The molecule has 29 aromatic rings. The molecule has 302 valence electrons. The summed E-state index contributed by atoms with van der Waals surface area (Å²) in [5.41, 5.74) is 7.60. The van der Waals surface area contributed by atoms with Crippen molar-refractivity contribution < 1.29 is 9.53 Å². The maximum atomic E-state index is 13.5. The Hall–Kier alpha value is -9.05. The molecule has 4 aliphatic carbocycles. The van der Waals surface area contributed by atoms with Crippen LogP contribution in [0.3, 0.4) is 0 Å². The highest BCUT2D eigenvalue weighted by atomic mass is 16.5. The van der Waals surface area contributed by atoms with Gasteiger partial charge in [0.05, 0.1) is 12.2 Å². The molecular formula is C69H9NO2. The van der Waals surface area contributed by atoms with Gasteiger partial charge in [-0.1, -0.05) is 0 Å². The normalized spacial score (nSPS) is 21.9. The maximum Gasteiger partial charge on any atom is 0.338 e. The van der Waals surface area contributed by atoms with Crippen LogP contribution < -0.4 is 4.90 Å². The summed E-state index contributed by atoms with van der Waals surface area (Å²) in [4.78, 5) is 16.5. The molecule has 1 heterocycles. The number of hydrogen-bond donors (Lipinski definition) is 0. The Morgan fingerprint density at radius 1 is 0.292 bits per heavy atom. The molecule has 0 saturated carbocycles. The van der Waals surface area contributed by atoms with Crippen LogP contribution in [0.5, 0.6) is 0 Å². The van der Waals surface area contributed by atoms with Crippen LogP contribution in [0.2, 0.25) is 0 Å². The van der Waals surface area contributed by atoms with Gasteiger partial charge in [-0.05, 0) is 322 Å². The SMILES string of the molecule is CCOC(=O)c1ccc(N2C34c5c6c7c8c9c%10c(c%11c%12c3c3c5c5c%13c6c6c7c7c9c9c%14c%10c%10c%11c%11c%12c%12c3c3c5c5c%13c%13c6c6c7c9c7c9c%14c%10c%10c%11c%11c%12c3c3c5c5c%13c6c7c6c9c%10c%11c3c56)C824)cc1. The Morgan fingerprint density at radius 3 is 0.625 bits per heavy atom. The van der Waals surface area contributed by atoms with E-state index in [2.05, 4.69) is 29.2 Å². The van der Waals surface area contributed by atoms with Crippen molar-refractivity contribution in [3.8, 4) is 0 Å². The van der Waals surface area contributed by atoms with Gasteiger partial charge in [0, 0.05) is 27.9 Å². The van der Waals surface area contributed by atoms with E-state index in [0.29, 0.717) is 12.2 Å². The molecule has 3 nitrogen and oxygen atoms in total. The van der Waals surface area contributed by atoms with Gasteiger partial charge < -0.3 is 9.64 Å². The standard InChI is InChI=1S/C69H9NO2/c1-2-72-67(71)7-3-5-8(6-4-7)70-68-63-55-47-37-27-19-11-9-10-13-17-15(11)23-31-25(17)35-29-21(13)22-14(10)18-16-12(9)20(19)28-34-24(16)32-26(18)36-30(22)40-39(29)49-43(35)53-45(31)51(41(47)33(23)27)59(63)61(53)65-57(49)58-50(40)44(36)54-46(32)52-42(34)48(38(28)37)56(55)64(68)60(52)62(54)66(58)69(65,68)70/h3-6H,2H2,1H3. The summed E-state index contributed by atoms with van der Waals surface area (Å²) in [6.07, 6.45) is 0. The molecule has 0 bridgehead atoms. The smallest absolute Gasteiger partial charge is 0.338 e. The highest BCUT2D eigenvalue weighted by molar-refractivity contribution is 6.82. The maximum absolute atomic E-state index is 13.5. The van der Waals surface area contributed by atoms with Crippen LogP contribution in [0.1, 0.15) is 39.5 Å². The highest BCUT2D eigenvalue weighted by Crippen LogP contribution is 2.90. The van der Waals surface area contributed by atoms with Crippen molar-refractivity contribution in [2.45, 2.75) is 18.0 Å². The monoisotopic (exact) mass is 883 g/mol. The third kappa shape index (κ3) is 1.40. The van der Waals surface area contributed by atoms with E-state index in [9.17, 15) is 4.79 Å². The fourth-order valence-electron chi connectivity index (χ4n) is 25.3. The van der Waals surface area contributed by atoms with Gasteiger partial charge in [-0.25, -0.2) is 4.79 Å². The second-order valence-electron chi connectivity index (χ2n) is 25.8. The zero-order chi connectivity index (χ0) is 43.0. The van der Waals surface area contributed by atoms with Crippen molar-refractivity contribution in [1.82, 2.24) is 0 Å². The molecule has 1 fully saturated rings. The molecule has 1 saturated heterocycles. The van der Waals surface area contributed by atoms with E-state index in [4.69, 9.17) is 4.74 Å². The van der Waals surface area contributed by atoms with Gasteiger partial charge >= 0.3 is 5.97 Å². The van der Waals surface area contributed by atoms with Crippen LogP contribution in [0, 0.1) is 0 Å². The number of carbonyl (C=O) groups excluding carboxylic acids is 1. The Bertz CT molecular complexity index is 6930. The van der Waals surface area contributed by atoms with Gasteiger partial charge in [0.25, 0.3) is 0 Å². The first-order chi connectivity index (χ1) is 35.8. The molecule has 0 radical (unpaired) electrons. The van der Waals surface area contributed by atoms with Crippen molar-refractivity contribution >= 4 is 303 Å². The fourth-order valence-corrected chi connectivity index (χ4v) is 25.3. The summed E-state index contributed by atoms with van der Waals surface area (Å²) >= 11 is 0. The molecule has 0 N–H and O–H groups in total. The zero-order valence-electron chi connectivity index (χ0n) is 36.8. The van der Waals surface area contributed by atoms with E-state index in [-0.39, 0.29) is 5.97 Å². The third-order valence-electron chi connectivity index (χ3n) is 25.5. The number of benzene rings is 19. The number of ether oxygens (including phenoxy) is 1. The van der Waals surface area contributed by atoms with E-state index < -0.39 is 11.1 Å². The van der Waals surface area contributed by atoms with Crippen LogP contribution in [-0.2, 0) is 15.8 Å². The summed E-state index contributed by atoms with van der Waals surface area (Å²) in [5.74, 6) is -0.235. The summed E-state index contributed by atoms with van der Waals surface area (Å²) in [6.45, 7) is 2.28. The number of anilines is 1. The Balaban J connectivity index is 1.10. The van der Waals surface area contributed by atoms with E-state index in [1.165, 1.54) is 5.69 Å². The van der Waals surface area contributed by atoms with Crippen LogP contribution >= 0.6 is 0 Å². The minimum absolute atomic E-state index is 0.235. The van der Waals surface area contributed by atoms with E-state index >= 15 is 0 Å². The minimum atomic E-state index is -0.427. The largest absolute Gasteiger partial charge is 0.462 e. The van der Waals surface area contributed by atoms with E-state index in [0.717, 1.165) is 0 Å². The Kier molecular flexibility index (Phi) is 2.25. The first-order valence-corrected chi connectivity index (χ1v) is 26.6. The van der Waals surface area contributed by atoms with E-state index in [1.54, 1.807) is 313 Å². The second-order valence-corrected chi connectivity index (χ2v) is 25.8. The predicted molar refractivity (Wildman–Crippen MR) is 299 cm³/mol. The quantitative estimate of drug-likeness (QED) is 0.101. The molecule has 0 aromatic heterocycles. The molecule has 0 atom stereocenters. The van der Waals surface area contributed by atoms with Gasteiger partial charge in [0.2, 0.25) is 0 Å². The first-order valence-electron chi connectivity index (χ1n) is 26.6. The molecule has 1 aliphatic heterocycles. The summed E-state index contributed by atoms with van der Waals surface area (Å²) in [5, 5.41) is 87.6. The van der Waals surface area contributed by atoms with Gasteiger partial charge in [0.1, 0.15) is 11.1 Å². The molecule has 34 rings (SSSR count). The molecule has 29 aromatic carbocycles. The van der Waals surface area contributed by atoms with Crippen molar-refractivity contribution in [2.75, 3.05) is 11.5 Å². The van der Waals surface area contributed by atoms with Crippen molar-refractivity contribution in [3.63, 3.8) is 0 Å². The second kappa shape index (κ2) is 6.06. The number of carbonyl (C=O) groups is 1. The van der Waals surface area contributed by atoms with Gasteiger partial charge in [-0.3, -0.25) is 0 Å². The van der Waals surface area contributed by atoms with Crippen LogP contribution in [-0.4, -0.2) is 12.6 Å². The third-order valence-corrected chi connectivity index (χ3v) is 25.5. The lowest BCUT2D eigenvalue weighted by atomic mass is 9.68. The van der Waals surface area contributed by atoms with Crippen molar-refractivity contribution in [3.05, 3.63) is 52.1 Å². The average molecular weight is 884 g/mol. The van der Waals surface area contributed by atoms with Crippen LogP contribution in [0.4, 0.5) is 5.69 Å². The first kappa shape index (κ1) is 26.8. The average Bonchev–Trinajstić information content (AvgIpc) is 4.43. The van der Waals surface area contributed by atoms with Crippen molar-refractivity contribution in [2.24, 2.45) is 0 Å². The molecule has 3 heteroatoms. The molecule has 2 spiro atoms. The summed E-state index contributed by atoms with van der Waals surface area (Å²) in [7, 11) is 0. The number of rotatable bonds is 3. The number of nitrogens with zero attached hydrogens (tertiary/aromatic N) is 1. The Morgan fingerprint density at radius 2 is 0.458 bits per heavy atom. The topological polar surface area (TPSA) is 29.3 Å². The molecule has 72 heavy (non-hydrogen) atoms. The molecule has 5 aliphatic rings. The lowest BCUT2D eigenvalue weighted by Crippen LogP contribution is -2.27. The molecule has 0 unspecified atom stereocenters. The lowest BCUT2D eigenvalue weighted by molar-refractivity contribution is 0.0526. The Labute approximate surface area is 391 Å². The van der Waals surface area contributed by atoms with E-state index in [1.807, 2.05) is 6.92 Å². The fraction of sp³-hybridized carbons (Fsp3) is 0.0580.